The number of benzene rings is 1. The number of guanidine groups is 1. The average molecular weight is 415 g/mol. The third-order valence-corrected chi connectivity index (χ3v) is 6.43. The first-order valence-electron chi connectivity index (χ1n) is 11.9. The first kappa shape index (κ1) is 23.0. The highest BCUT2D eigenvalue weighted by Gasteiger charge is 2.26. The van der Waals surface area contributed by atoms with Gasteiger partial charge in [0, 0.05) is 51.4 Å². The number of nitrogens with zero attached hydrogens (tertiary/aromatic N) is 4. The Bertz CT molecular complexity index is 634. The second-order valence-corrected chi connectivity index (χ2v) is 8.93. The molecule has 3 rings (SSSR count). The summed E-state index contributed by atoms with van der Waals surface area (Å²) < 4.78 is 0. The Morgan fingerprint density at radius 3 is 2.70 bits per heavy atom. The standard InChI is InChI=1S/C24H42N6/c1-4-25-24(26-12-16-29-14-8-13-28(3)17-18-29)27-23-11-15-30(21(2)19-23)20-22-9-6-5-7-10-22/h5-7,9-10,21,23H,4,8,11-20H2,1-3H3,(H2,25,26,27). The molecular formula is C24H42N6. The van der Waals surface area contributed by atoms with Crippen LogP contribution in [-0.4, -0.2) is 92.1 Å². The molecule has 0 bridgehead atoms. The van der Waals surface area contributed by atoms with E-state index in [1.165, 1.54) is 38.0 Å². The monoisotopic (exact) mass is 414 g/mol. The lowest BCUT2D eigenvalue weighted by Crippen LogP contribution is -2.51. The maximum Gasteiger partial charge on any atom is 0.191 e. The topological polar surface area (TPSA) is 46.1 Å². The highest BCUT2D eigenvalue weighted by atomic mass is 15.2. The molecule has 6 nitrogen and oxygen atoms in total. The molecule has 0 spiro atoms. The van der Waals surface area contributed by atoms with E-state index in [1.54, 1.807) is 0 Å². The van der Waals surface area contributed by atoms with Crippen molar-refractivity contribution < 1.29 is 0 Å². The highest BCUT2D eigenvalue weighted by molar-refractivity contribution is 5.80. The lowest BCUT2D eigenvalue weighted by atomic mass is 9.97. The van der Waals surface area contributed by atoms with Gasteiger partial charge in [-0.1, -0.05) is 30.3 Å². The number of aliphatic imine (C=N–C) groups is 1. The maximum absolute atomic E-state index is 4.89. The van der Waals surface area contributed by atoms with E-state index in [1.807, 2.05) is 0 Å². The molecule has 1 aromatic rings. The number of hydrogen-bond donors (Lipinski definition) is 2. The van der Waals surface area contributed by atoms with E-state index in [0.29, 0.717) is 12.1 Å². The van der Waals surface area contributed by atoms with Crippen molar-refractivity contribution in [3.05, 3.63) is 35.9 Å². The van der Waals surface area contributed by atoms with Crippen molar-refractivity contribution in [3.8, 4) is 0 Å². The van der Waals surface area contributed by atoms with E-state index < -0.39 is 0 Å². The molecule has 2 N–H and O–H groups in total. The molecule has 2 saturated heterocycles. The molecule has 2 fully saturated rings. The van der Waals surface area contributed by atoms with Crippen LogP contribution in [0.25, 0.3) is 0 Å². The molecule has 2 aliphatic rings. The molecule has 168 valence electrons. The zero-order valence-corrected chi connectivity index (χ0v) is 19.3. The van der Waals surface area contributed by atoms with Gasteiger partial charge < -0.3 is 20.4 Å². The maximum atomic E-state index is 4.89. The van der Waals surface area contributed by atoms with Gasteiger partial charge in [-0.15, -0.1) is 0 Å². The Balaban J connectivity index is 1.44. The van der Waals surface area contributed by atoms with Crippen LogP contribution in [0.1, 0.15) is 38.7 Å². The number of likely N-dealkylation sites (N-methyl/N-ethyl adjacent to an activating group) is 1. The molecule has 2 heterocycles. The van der Waals surface area contributed by atoms with Gasteiger partial charge in [0.25, 0.3) is 0 Å². The molecule has 0 aromatic heterocycles. The summed E-state index contributed by atoms with van der Waals surface area (Å²) in [6, 6.07) is 11.9. The summed E-state index contributed by atoms with van der Waals surface area (Å²) in [6.45, 7) is 14.2. The highest BCUT2D eigenvalue weighted by Crippen LogP contribution is 2.19. The second-order valence-electron chi connectivity index (χ2n) is 8.93. The van der Waals surface area contributed by atoms with Crippen LogP contribution in [0.2, 0.25) is 0 Å². The molecular weight excluding hydrogens is 372 g/mol. The van der Waals surface area contributed by atoms with Crippen molar-refractivity contribution in [2.24, 2.45) is 4.99 Å². The minimum atomic E-state index is 0.497. The molecule has 2 atom stereocenters. The van der Waals surface area contributed by atoms with Crippen LogP contribution in [0.3, 0.4) is 0 Å². The molecule has 0 amide bonds. The van der Waals surface area contributed by atoms with Gasteiger partial charge in [-0.3, -0.25) is 9.89 Å². The lowest BCUT2D eigenvalue weighted by Gasteiger charge is -2.38. The van der Waals surface area contributed by atoms with E-state index >= 15 is 0 Å². The minimum absolute atomic E-state index is 0.497. The summed E-state index contributed by atoms with van der Waals surface area (Å²) in [6.07, 6.45) is 3.59. The SMILES string of the molecule is CCNC(=NCCN1CCCN(C)CC1)NC1CCN(Cc2ccccc2)C(C)C1. The molecule has 2 aliphatic heterocycles. The van der Waals surface area contributed by atoms with Crippen LogP contribution in [0.4, 0.5) is 0 Å². The third-order valence-electron chi connectivity index (χ3n) is 6.43. The zero-order chi connectivity index (χ0) is 21.2. The molecule has 0 aliphatic carbocycles. The van der Waals surface area contributed by atoms with Gasteiger partial charge in [0.15, 0.2) is 5.96 Å². The van der Waals surface area contributed by atoms with Gasteiger partial charge in [0.1, 0.15) is 0 Å². The molecule has 30 heavy (non-hydrogen) atoms. The van der Waals surface area contributed by atoms with E-state index in [0.717, 1.165) is 51.6 Å². The van der Waals surface area contributed by atoms with Gasteiger partial charge in [-0.2, -0.15) is 0 Å². The van der Waals surface area contributed by atoms with Crippen LogP contribution in [0, 0.1) is 0 Å². The van der Waals surface area contributed by atoms with Crippen LogP contribution in [-0.2, 0) is 6.54 Å². The summed E-state index contributed by atoms with van der Waals surface area (Å²) in [5.74, 6) is 0.984. The van der Waals surface area contributed by atoms with E-state index in [4.69, 9.17) is 4.99 Å². The molecule has 1 aromatic carbocycles. The predicted octanol–water partition coefficient (Wildman–Crippen LogP) is 2.23. The number of rotatable bonds is 7. The van der Waals surface area contributed by atoms with Crippen LogP contribution in [0.15, 0.2) is 35.3 Å². The Morgan fingerprint density at radius 1 is 1.10 bits per heavy atom. The fourth-order valence-electron chi connectivity index (χ4n) is 4.54. The predicted molar refractivity (Wildman–Crippen MR) is 127 cm³/mol. The minimum Gasteiger partial charge on any atom is -0.357 e. The molecule has 6 heteroatoms. The van der Waals surface area contributed by atoms with Crippen molar-refractivity contribution in [1.82, 2.24) is 25.3 Å². The largest absolute Gasteiger partial charge is 0.357 e. The van der Waals surface area contributed by atoms with Gasteiger partial charge in [-0.25, -0.2) is 0 Å². The van der Waals surface area contributed by atoms with Crippen LogP contribution >= 0.6 is 0 Å². The second kappa shape index (κ2) is 12.3. The molecule has 2 unspecified atom stereocenters. The summed E-state index contributed by atoms with van der Waals surface area (Å²) in [5, 5.41) is 7.17. The van der Waals surface area contributed by atoms with Crippen LogP contribution < -0.4 is 10.6 Å². The number of hydrogen-bond acceptors (Lipinski definition) is 4. The average Bonchev–Trinajstić information content (AvgIpc) is 2.95. The van der Waals surface area contributed by atoms with Gasteiger partial charge in [0.2, 0.25) is 0 Å². The summed E-state index contributed by atoms with van der Waals surface area (Å²) in [4.78, 5) is 12.5. The smallest absolute Gasteiger partial charge is 0.191 e. The summed E-state index contributed by atoms with van der Waals surface area (Å²) in [5.41, 5.74) is 1.41. The van der Waals surface area contributed by atoms with Crippen molar-refractivity contribution >= 4 is 5.96 Å². The summed E-state index contributed by atoms with van der Waals surface area (Å²) >= 11 is 0. The van der Waals surface area contributed by atoms with Gasteiger partial charge in [-0.05, 0) is 58.8 Å². The molecule has 0 saturated carbocycles. The summed E-state index contributed by atoms with van der Waals surface area (Å²) in [7, 11) is 2.22. The van der Waals surface area contributed by atoms with Gasteiger partial charge >= 0.3 is 0 Å². The zero-order valence-electron chi connectivity index (χ0n) is 19.3. The number of nitrogens with one attached hydrogen (secondary N) is 2. The fourth-order valence-corrected chi connectivity index (χ4v) is 4.54. The van der Waals surface area contributed by atoms with E-state index in [9.17, 15) is 0 Å². The van der Waals surface area contributed by atoms with Crippen molar-refractivity contribution in [3.63, 3.8) is 0 Å². The Morgan fingerprint density at radius 2 is 1.93 bits per heavy atom. The third kappa shape index (κ3) is 7.56. The first-order chi connectivity index (χ1) is 14.6. The van der Waals surface area contributed by atoms with E-state index in [2.05, 4.69) is 76.6 Å². The normalized spacial score (nSPS) is 25.1. The van der Waals surface area contributed by atoms with Crippen molar-refractivity contribution in [2.75, 3.05) is 59.4 Å². The Labute approximate surface area is 183 Å². The van der Waals surface area contributed by atoms with Crippen molar-refractivity contribution in [2.45, 2.75) is 51.7 Å². The number of likely N-dealkylation sites (tertiary alicyclic amines) is 1. The quantitative estimate of drug-likeness (QED) is 0.529. The van der Waals surface area contributed by atoms with Crippen LogP contribution in [0.5, 0.6) is 0 Å². The fraction of sp³-hybridized carbons (Fsp3) is 0.708. The van der Waals surface area contributed by atoms with Crippen molar-refractivity contribution in [1.29, 1.82) is 0 Å². The Kier molecular flexibility index (Phi) is 9.43. The van der Waals surface area contributed by atoms with E-state index in [-0.39, 0.29) is 0 Å². The first-order valence-corrected chi connectivity index (χ1v) is 11.9. The number of piperidine rings is 1. The Hall–Kier alpha value is -1.63. The molecule has 0 radical (unpaired) electrons. The van der Waals surface area contributed by atoms with Gasteiger partial charge in [0.05, 0.1) is 6.54 Å². The lowest BCUT2D eigenvalue weighted by molar-refractivity contribution is 0.134.